The van der Waals surface area contributed by atoms with Gasteiger partial charge in [0.15, 0.2) is 0 Å². The molecule has 1 saturated carbocycles. The first-order valence-electron chi connectivity index (χ1n) is 5.38. The molecule has 0 aromatic rings. The Labute approximate surface area is 75.9 Å². The molecule has 0 spiro atoms. The van der Waals surface area contributed by atoms with Gasteiger partial charge in [0.2, 0.25) is 0 Å². The zero-order chi connectivity index (χ0) is 8.60. The van der Waals surface area contributed by atoms with Crippen molar-refractivity contribution in [3.8, 4) is 0 Å². The van der Waals surface area contributed by atoms with E-state index in [9.17, 15) is 0 Å². The Morgan fingerprint density at radius 2 is 1.92 bits per heavy atom. The van der Waals surface area contributed by atoms with Crippen molar-refractivity contribution in [2.75, 3.05) is 13.1 Å². The van der Waals surface area contributed by atoms with E-state index in [0.717, 1.165) is 11.8 Å². The average Bonchev–Trinajstić information content (AvgIpc) is 1.80. The molecule has 1 heteroatoms. The molecule has 1 unspecified atom stereocenters. The van der Waals surface area contributed by atoms with E-state index in [-0.39, 0.29) is 0 Å². The average molecular weight is 167 g/mol. The zero-order valence-electron chi connectivity index (χ0n) is 8.40. The van der Waals surface area contributed by atoms with Gasteiger partial charge in [-0.1, -0.05) is 26.7 Å². The second-order valence-corrected chi connectivity index (χ2v) is 5.44. The van der Waals surface area contributed by atoms with E-state index in [1.165, 1.54) is 38.8 Å². The van der Waals surface area contributed by atoms with Crippen LogP contribution >= 0.6 is 0 Å². The maximum Gasteiger partial charge on any atom is -0.000559 e. The highest BCUT2D eigenvalue weighted by Gasteiger charge is 2.34. The minimum Gasteiger partial charge on any atom is -0.316 e. The van der Waals surface area contributed by atoms with E-state index in [2.05, 4.69) is 19.2 Å². The minimum atomic E-state index is 0.637. The minimum absolute atomic E-state index is 0.637. The van der Waals surface area contributed by atoms with Crippen LogP contribution in [0.2, 0.25) is 0 Å². The van der Waals surface area contributed by atoms with Crippen molar-refractivity contribution in [1.29, 1.82) is 0 Å². The topological polar surface area (TPSA) is 12.0 Å². The first-order chi connectivity index (χ1) is 5.67. The summed E-state index contributed by atoms with van der Waals surface area (Å²) in [5, 5.41) is 3.39. The van der Waals surface area contributed by atoms with Gasteiger partial charge in [-0.3, -0.25) is 0 Å². The summed E-state index contributed by atoms with van der Waals surface area (Å²) in [6.45, 7) is 7.46. The summed E-state index contributed by atoms with van der Waals surface area (Å²) in [5.41, 5.74) is 0.637. The summed E-state index contributed by atoms with van der Waals surface area (Å²) in [7, 11) is 0. The van der Waals surface area contributed by atoms with Crippen LogP contribution in [0.3, 0.4) is 0 Å². The molecule has 0 amide bonds. The highest BCUT2D eigenvalue weighted by molar-refractivity contribution is 4.88. The Hall–Kier alpha value is -0.0400. The Bertz CT molecular complexity index is 158. The van der Waals surface area contributed by atoms with Crippen molar-refractivity contribution in [2.45, 2.75) is 39.5 Å². The number of rotatable bonds is 1. The lowest BCUT2D eigenvalue weighted by Crippen LogP contribution is -2.47. The first kappa shape index (κ1) is 8.55. The summed E-state index contributed by atoms with van der Waals surface area (Å²) in [4.78, 5) is 0. The number of nitrogens with one attached hydrogen (secondary N) is 1. The van der Waals surface area contributed by atoms with E-state index in [1.54, 1.807) is 0 Å². The molecule has 12 heavy (non-hydrogen) atoms. The molecule has 1 saturated heterocycles. The van der Waals surface area contributed by atoms with Crippen molar-refractivity contribution in [2.24, 2.45) is 17.3 Å². The molecule has 1 heterocycles. The van der Waals surface area contributed by atoms with Crippen LogP contribution < -0.4 is 5.32 Å². The monoisotopic (exact) mass is 167 g/mol. The highest BCUT2D eigenvalue weighted by atomic mass is 15.0. The number of hydrogen-bond acceptors (Lipinski definition) is 1. The third-order valence-corrected chi connectivity index (χ3v) is 3.72. The predicted octanol–water partition coefficient (Wildman–Crippen LogP) is 2.42. The highest BCUT2D eigenvalue weighted by Crippen LogP contribution is 2.42. The van der Waals surface area contributed by atoms with Gasteiger partial charge in [-0.05, 0) is 43.2 Å². The normalized spacial score (nSPS) is 36.0. The lowest BCUT2D eigenvalue weighted by atomic mass is 9.67. The fraction of sp³-hybridized carbons (Fsp3) is 1.00. The lowest BCUT2D eigenvalue weighted by molar-refractivity contribution is 0.106. The molecule has 0 radical (unpaired) electrons. The van der Waals surface area contributed by atoms with Gasteiger partial charge in [0.1, 0.15) is 0 Å². The Morgan fingerprint density at radius 3 is 2.42 bits per heavy atom. The third-order valence-electron chi connectivity index (χ3n) is 3.72. The van der Waals surface area contributed by atoms with Crippen LogP contribution in [0.1, 0.15) is 39.5 Å². The van der Waals surface area contributed by atoms with Crippen molar-refractivity contribution >= 4 is 0 Å². The SMILES string of the molecule is CC1(C)CCCC(C2CNC2)C1. The van der Waals surface area contributed by atoms with E-state index in [1.807, 2.05) is 0 Å². The van der Waals surface area contributed by atoms with Crippen LogP contribution in [0.5, 0.6) is 0 Å². The zero-order valence-corrected chi connectivity index (χ0v) is 8.40. The Balaban J connectivity index is 1.89. The molecule has 0 aromatic heterocycles. The first-order valence-corrected chi connectivity index (χ1v) is 5.38. The van der Waals surface area contributed by atoms with Gasteiger partial charge in [-0.25, -0.2) is 0 Å². The summed E-state index contributed by atoms with van der Waals surface area (Å²) >= 11 is 0. The fourth-order valence-corrected chi connectivity index (χ4v) is 2.80. The quantitative estimate of drug-likeness (QED) is 0.632. The molecule has 2 aliphatic rings. The van der Waals surface area contributed by atoms with Crippen molar-refractivity contribution in [1.82, 2.24) is 5.32 Å². The largest absolute Gasteiger partial charge is 0.316 e. The smallest absolute Gasteiger partial charge is 0.000559 e. The maximum atomic E-state index is 3.39. The van der Waals surface area contributed by atoms with Crippen LogP contribution in [-0.2, 0) is 0 Å². The van der Waals surface area contributed by atoms with Gasteiger partial charge in [0.25, 0.3) is 0 Å². The molecule has 1 aliphatic carbocycles. The van der Waals surface area contributed by atoms with Gasteiger partial charge < -0.3 is 5.32 Å². The molecular formula is C11H21N. The molecule has 0 aromatic carbocycles. The van der Waals surface area contributed by atoms with E-state index >= 15 is 0 Å². The predicted molar refractivity (Wildman–Crippen MR) is 52.1 cm³/mol. The summed E-state index contributed by atoms with van der Waals surface area (Å²) < 4.78 is 0. The van der Waals surface area contributed by atoms with Crippen LogP contribution in [-0.4, -0.2) is 13.1 Å². The van der Waals surface area contributed by atoms with Crippen LogP contribution in [0.25, 0.3) is 0 Å². The van der Waals surface area contributed by atoms with Crippen molar-refractivity contribution in [3.63, 3.8) is 0 Å². The molecule has 70 valence electrons. The lowest BCUT2D eigenvalue weighted by Gasteiger charge is -2.42. The maximum absolute atomic E-state index is 3.39. The van der Waals surface area contributed by atoms with E-state index < -0.39 is 0 Å². The van der Waals surface area contributed by atoms with Gasteiger partial charge in [-0.15, -0.1) is 0 Å². The second kappa shape index (κ2) is 3.02. The molecular weight excluding hydrogens is 146 g/mol. The van der Waals surface area contributed by atoms with Gasteiger partial charge >= 0.3 is 0 Å². The van der Waals surface area contributed by atoms with Crippen LogP contribution in [0.15, 0.2) is 0 Å². The van der Waals surface area contributed by atoms with Crippen molar-refractivity contribution < 1.29 is 0 Å². The summed E-state index contributed by atoms with van der Waals surface area (Å²) in [5.74, 6) is 2.06. The van der Waals surface area contributed by atoms with Crippen LogP contribution in [0.4, 0.5) is 0 Å². The molecule has 2 rings (SSSR count). The Morgan fingerprint density at radius 1 is 1.17 bits per heavy atom. The van der Waals surface area contributed by atoms with E-state index in [0.29, 0.717) is 5.41 Å². The molecule has 1 atom stereocenters. The summed E-state index contributed by atoms with van der Waals surface area (Å²) in [6.07, 6.45) is 5.88. The van der Waals surface area contributed by atoms with E-state index in [4.69, 9.17) is 0 Å². The molecule has 0 bridgehead atoms. The van der Waals surface area contributed by atoms with Crippen LogP contribution in [0, 0.1) is 17.3 Å². The summed E-state index contributed by atoms with van der Waals surface area (Å²) in [6, 6.07) is 0. The molecule has 1 N–H and O–H groups in total. The molecule has 1 nitrogen and oxygen atoms in total. The van der Waals surface area contributed by atoms with Gasteiger partial charge in [0, 0.05) is 0 Å². The third kappa shape index (κ3) is 1.66. The second-order valence-electron chi connectivity index (χ2n) is 5.44. The fourth-order valence-electron chi connectivity index (χ4n) is 2.80. The van der Waals surface area contributed by atoms with Gasteiger partial charge in [0.05, 0.1) is 0 Å². The Kier molecular flexibility index (Phi) is 2.16. The standard InChI is InChI=1S/C11H21N/c1-11(2)5-3-4-9(6-11)10-7-12-8-10/h9-10,12H,3-8H2,1-2H3. The van der Waals surface area contributed by atoms with Gasteiger partial charge in [-0.2, -0.15) is 0 Å². The number of hydrogen-bond donors (Lipinski definition) is 1. The van der Waals surface area contributed by atoms with Crippen molar-refractivity contribution in [3.05, 3.63) is 0 Å². The molecule has 2 fully saturated rings. The molecule has 1 aliphatic heterocycles.